The van der Waals surface area contributed by atoms with Crippen molar-refractivity contribution in [3.8, 4) is 6.07 Å². The number of rotatable bonds is 7. The van der Waals surface area contributed by atoms with Crippen molar-refractivity contribution in [3.63, 3.8) is 0 Å². The maximum atomic E-state index is 12.7. The van der Waals surface area contributed by atoms with E-state index in [4.69, 9.17) is 4.74 Å². The topological polar surface area (TPSA) is 79.2 Å². The SMILES string of the molecule is CCC(CC)C(=O)Nc1sc(C(=O)OCc2ccc3ccccc3c2)c(C)c1C#N. The van der Waals surface area contributed by atoms with Crippen molar-refractivity contribution in [3.05, 3.63) is 64.0 Å². The fraction of sp³-hybridized carbons (Fsp3) is 0.292. The van der Waals surface area contributed by atoms with Gasteiger partial charge in [-0.3, -0.25) is 4.79 Å². The Balaban J connectivity index is 1.75. The largest absolute Gasteiger partial charge is 0.457 e. The lowest BCUT2D eigenvalue weighted by molar-refractivity contribution is -0.120. The average molecular weight is 421 g/mol. The molecule has 0 saturated carbocycles. The van der Waals surface area contributed by atoms with Gasteiger partial charge in [0, 0.05) is 5.92 Å². The molecular weight excluding hydrogens is 396 g/mol. The van der Waals surface area contributed by atoms with Gasteiger partial charge in [0.25, 0.3) is 0 Å². The second kappa shape index (κ2) is 9.55. The summed E-state index contributed by atoms with van der Waals surface area (Å²) >= 11 is 1.09. The van der Waals surface area contributed by atoms with E-state index in [-0.39, 0.29) is 18.4 Å². The van der Waals surface area contributed by atoms with E-state index in [9.17, 15) is 14.9 Å². The molecule has 0 saturated heterocycles. The van der Waals surface area contributed by atoms with Gasteiger partial charge in [-0.2, -0.15) is 5.26 Å². The number of ether oxygens (including phenoxy) is 1. The van der Waals surface area contributed by atoms with Gasteiger partial charge in [-0.05, 0) is 47.7 Å². The number of amides is 1. The van der Waals surface area contributed by atoms with Gasteiger partial charge in [-0.1, -0.05) is 50.2 Å². The molecule has 5 nitrogen and oxygen atoms in total. The molecule has 1 heterocycles. The third-order valence-electron chi connectivity index (χ3n) is 5.22. The molecule has 0 aliphatic carbocycles. The molecule has 0 fully saturated rings. The molecule has 0 aliphatic heterocycles. The summed E-state index contributed by atoms with van der Waals surface area (Å²) in [6.45, 7) is 5.75. The van der Waals surface area contributed by atoms with Gasteiger partial charge in [-0.25, -0.2) is 4.79 Å². The predicted molar refractivity (Wildman–Crippen MR) is 120 cm³/mol. The number of hydrogen-bond acceptors (Lipinski definition) is 5. The van der Waals surface area contributed by atoms with Gasteiger partial charge in [0.15, 0.2) is 0 Å². The number of carbonyl (C=O) groups excluding carboxylic acids is 2. The number of nitriles is 1. The molecule has 0 unspecified atom stereocenters. The number of nitrogens with zero attached hydrogens (tertiary/aromatic N) is 1. The summed E-state index contributed by atoms with van der Waals surface area (Å²) in [4.78, 5) is 25.4. The predicted octanol–water partition coefficient (Wildman–Crippen LogP) is 5.81. The molecular formula is C24H24N2O3S. The van der Waals surface area contributed by atoms with Crippen molar-refractivity contribution in [2.75, 3.05) is 5.32 Å². The van der Waals surface area contributed by atoms with Crippen LogP contribution in [0.2, 0.25) is 0 Å². The summed E-state index contributed by atoms with van der Waals surface area (Å²) in [7, 11) is 0. The summed E-state index contributed by atoms with van der Waals surface area (Å²) in [5.74, 6) is -0.749. The summed E-state index contributed by atoms with van der Waals surface area (Å²) in [5, 5.41) is 15.0. The van der Waals surface area contributed by atoms with Crippen LogP contribution in [-0.4, -0.2) is 11.9 Å². The number of carbonyl (C=O) groups is 2. The van der Waals surface area contributed by atoms with Crippen LogP contribution in [0.5, 0.6) is 0 Å². The average Bonchev–Trinajstić information content (AvgIpc) is 3.07. The van der Waals surface area contributed by atoms with Crippen molar-refractivity contribution in [1.82, 2.24) is 0 Å². The highest BCUT2D eigenvalue weighted by atomic mass is 32.1. The molecule has 0 bridgehead atoms. The van der Waals surface area contributed by atoms with Crippen LogP contribution in [0.4, 0.5) is 5.00 Å². The Morgan fingerprint density at radius 2 is 1.83 bits per heavy atom. The maximum absolute atomic E-state index is 12.7. The van der Waals surface area contributed by atoms with Gasteiger partial charge in [-0.15, -0.1) is 11.3 Å². The van der Waals surface area contributed by atoms with Crippen LogP contribution in [0.3, 0.4) is 0 Å². The molecule has 6 heteroatoms. The maximum Gasteiger partial charge on any atom is 0.349 e. The number of anilines is 1. The van der Waals surface area contributed by atoms with E-state index >= 15 is 0 Å². The van der Waals surface area contributed by atoms with Crippen molar-refractivity contribution in [2.24, 2.45) is 5.92 Å². The first-order chi connectivity index (χ1) is 14.5. The van der Waals surface area contributed by atoms with E-state index in [0.29, 0.717) is 21.0 Å². The first-order valence-electron chi connectivity index (χ1n) is 9.97. The number of esters is 1. The zero-order valence-corrected chi connectivity index (χ0v) is 18.1. The number of hydrogen-bond donors (Lipinski definition) is 1. The van der Waals surface area contributed by atoms with Crippen LogP contribution in [0.15, 0.2) is 42.5 Å². The highest BCUT2D eigenvalue weighted by molar-refractivity contribution is 7.18. The molecule has 0 radical (unpaired) electrons. The summed E-state index contributed by atoms with van der Waals surface area (Å²) < 4.78 is 5.50. The Bertz CT molecular complexity index is 1120. The molecule has 0 aliphatic rings. The van der Waals surface area contributed by atoms with Crippen LogP contribution in [0, 0.1) is 24.2 Å². The Kier molecular flexibility index (Phi) is 6.86. The zero-order chi connectivity index (χ0) is 21.7. The van der Waals surface area contributed by atoms with Gasteiger partial charge < -0.3 is 10.1 Å². The summed E-state index contributed by atoms with van der Waals surface area (Å²) in [6.07, 6.45) is 1.43. The van der Waals surface area contributed by atoms with E-state index in [2.05, 4.69) is 11.4 Å². The monoisotopic (exact) mass is 420 g/mol. The lowest BCUT2D eigenvalue weighted by Gasteiger charge is -2.11. The van der Waals surface area contributed by atoms with E-state index in [1.165, 1.54) is 0 Å². The Morgan fingerprint density at radius 1 is 1.13 bits per heavy atom. The van der Waals surface area contributed by atoms with Gasteiger partial charge in [0.1, 0.15) is 22.6 Å². The van der Waals surface area contributed by atoms with Crippen LogP contribution in [0.25, 0.3) is 10.8 Å². The minimum absolute atomic E-state index is 0.123. The zero-order valence-electron chi connectivity index (χ0n) is 17.3. The molecule has 3 rings (SSSR count). The second-order valence-electron chi connectivity index (χ2n) is 7.13. The van der Waals surface area contributed by atoms with Crippen molar-refractivity contribution in [2.45, 2.75) is 40.2 Å². The van der Waals surface area contributed by atoms with Gasteiger partial charge >= 0.3 is 5.97 Å². The minimum Gasteiger partial charge on any atom is -0.457 e. The smallest absolute Gasteiger partial charge is 0.349 e. The fourth-order valence-electron chi connectivity index (χ4n) is 3.35. The lowest BCUT2D eigenvalue weighted by atomic mass is 10.0. The first-order valence-corrected chi connectivity index (χ1v) is 10.8. The Morgan fingerprint density at radius 3 is 2.50 bits per heavy atom. The standard InChI is InChI=1S/C24H24N2O3S/c1-4-17(5-2)22(27)26-23-20(13-25)15(3)21(30-23)24(28)29-14-16-10-11-18-8-6-7-9-19(18)12-16/h6-12,17H,4-5,14H2,1-3H3,(H,26,27). The second-order valence-corrected chi connectivity index (χ2v) is 8.15. The molecule has 30 heavy (non-hydrogen) atoms. The molecule has 1 aromatic heterocycles. The highest BCUT2D eigenvalue weighted by Gasteiger charge is 2.24. The quantitative estimate of drug-likeness (QED) is 0.489. The van der Waals surface area contributed by atoms with Crippen LogP contribution < -0.4 is 5.32 Å². The molecule has 0 spiro atoms. The summed E-state index contributed by atoms with van der Waals surface area (Å²) in [6, 6.07) is 16.0. The Labute approximate surface area is 180 Å². The molecule has 0 atom stereocenters. The minimum atomic E-state index is -0.495. The van der Waals surface area contributed by atoms with E-state index in [0.717, 1.165) is 40.5 Å². The van der Waals surface area contributed by atoms with Crippen molar-refractivity contribution < 1.29 is 14.3 Å². The highest BCUT2D eigenvalue weighted by Crippen LogP contribution is 2.34. The molecule has 1 N–H and O–H groups in total. The normalized spacial score (nSPS) is 10.8. The van der Waals surface area contributed by atoms with Crippen LogP contribution >= 0.6 is 11.3 Å². The number of benzene rings is 2. The van der Waals surface area contributed by atoms with Crippen LogP contribution in [0.1, 0.15) is 53.1 Å². The third kappa shape index (κ3) is 4.52. The lowest BCUT2D eigenvalue weighted by Crippen LogP contribution is -2.21. The summed E-state index contributed by atoms with van der Waals surface area (Å²) in [5.41, 5.74) is 1.74. The molecule has 154 valence electrons. The number of fused-ring (bicyclic) bond motifs is 1. The fourth-order valence-corrected chi connectivity index (χ4v) is 4.40. The van der Waals surface area contributed by atoms with Gasteiger partial charge in [0.2, 0.25) is 5.91 Å². The number of nitrogens with one attached hydrogen (secondary N) is 1. The van der Waals surface area contributed by atoms with Crippen molar-refractivity contribution in [1.29, 1.82) is 5.26 Å². The van der Waals surface area contributed by atoms with Gasteiger partial charge in [0.05, 0.1) is 5.56 Å². The first kappa shape index (κ1) is 21.5. The van der Waals surface area contributed by atoms with E-state index < -0.39 is 5.97 Å². The Hall–Kier alpha value is -3.17. The third-order valence-corrected chi connectivity index (χ3v) is 6.41. The van der Waals surface area contributed by atoms with E-state index in [1.807, 2.05) is 56.3 Å². The molecule has 3 aromatic rings. The van der Waals surface area contributed by atoms with Crippen molar-refractivity contribution >= 4 is 39.0 Å². The van der Waals surface area contributed by atoms with E-state index in [1.54, 1.807) is 6.92 Å². The van der Waals surface area contributed by atoms with Crippen LogP contribution in [-0.2, 0) is 16.1 Å². The molecule has 1 amide bonds. The number of thiophene rings is 1. The molecule has 2 aromatic carbocycles.